The van der Waals surface area contributed by atoms with E-state index in [0.717, 1.165) is 54.2 Å². The zero-order valence-corrected chi connectivity index (χ0v) is 18.1. The summed E-state index contributed by atoms with van der Waals surface area (Å²) in [5.41, 5.74) is 6.08. The molecule has 2 aliphatic rings. The van der Waals surface area contributed by atoms with Crippen LogP contribution < -0.4 is 9.64 Å². The molecule has 1 aliphatic carbocycles. The number of rotatable bonds is 2. The highest BCUT2D eigenvalue weighted by atomic mass is 35.5. The third kappa shape index (κ3) is 3.74. The Bertz CT molecular complexity index is 1080. The minimum atomic E-state index is 0.279. The molecule has 5 nitrogen and oxygen atoms in total. The molecule has 1 aliphatic heterocycles. The van der Waals surface area contributed by atoms with E-state index in [9.17, 15) is 0 Å². The maximum Gasteiger partial charge on any atom is 0.135 e. The monoisotopic (exact) mass is 420 g/mol. The zero-order chi connectivity index (χ0) is 20.7. The summed E-state index contributed by atoms with van der Waals surface area (Å²) >= 11 is 5.95. The summed E-state index contributed by atoms with van der Waals surface area (Å²) in [5, 5.41) is 0.500. The Hall–Kier alpha value is -2.66. The summed E-state index contributed by atoms with van der Waals surface area (Å²) in [7, 11) is 0. The molecule has 30 heavy (non-hydrogen) atoms. The lowest BCUT2D eigenvalue weighted by Crippen LogP contribution is -2.31. The first kappa shape index (κ1) is 19.3. The minimum absolute atomic E-state index is 0.279. The van der Waals surface area contributed by atoms with Crippen LogP contribution in [0.3, 0.4) is 0 Å². The molecule has 3 heterocycles. The molecule has 0 saturated carbocycles. The third-order valence-electron chi connectivity index (χ3n) is 6.11. The molecule has 0 fully saturated rings. The van der Waals surface area contributed by atoms with Gasteiger partial charge in [0.15, 0.2) is 0 Å². The van der Waals surface area contributed by atoms with Gasteiger partial charge in [0.2, 0.25) is 0 Å². The van der Waals surface area contributed by atoms with Crippen LogP contribution in [0.2, 0.25) is 5.15 Å². The maximum absolute atomic E-state index is 6.07. The SMILES string of the molecule is CC1(C)CCc2ncnc(N3CCOc4ccc(-c5ccc(Cl)nc5)cc4C3)c2C1. The number of ether oxygens (including phenoxy) is 1. The number of hydrogen-bond acceptors (Lipinski definition) is 5. The number of benzene rings is 1. The van der Waals surface area contributed by atoms with E-state index in [-0.39, 0.29) is 5.41 Å². The predicted octanol–water partition coefficient (Wildman–Crippen LogP) is 5.11. The molecule has 0 atom stereocenters. The van der Waals surface area contributed by atoms with Crippen LogP contribution in [0.15, 0.2) is 42.9 Å². The molecule has 6 heteroatoms. The Morgan fingerprint density at radius 3 is 2.77 bits per heavy atom. The Morgan fingerprint density at radius 2 is 1.93 bits per heavy atom. The van der Waals surface area contributed by atoms with Gasteiger partial charge in [-0.05, 0) is 54.5 Å². The first-order valence-corrected chi connectivity index (χ1v) is 10.8. The highest BCUT2D eigenvalue weighted by Crippen LogP contribution is 2.38. The van der Waals surface area contributed by atoms with E-state index in [1.807, 2.05) is 18.3 Å². The Kier molecular flexibility index (Phi) is 4.86. The van der Waals surface area contributed by atoms with E-state index in [0.29, 0.717) is 11.8 Å². The van der Waals surface area contributed by atoms with Crippen LogP contribution in [0.5, 0.6) is 5.75 Å². The van der Waals surface area contributed by atoms with E-state index in [1.165, 1.54) is 17.7 Å². The van der Waals surface area contributed by atoms with Gasteiger partial charge < -0.3 is 9.64 Å². The van der Waals surface area contributed by atoms with Gasteiger partial charge in [0.25, 0.3) is 0 Å². The topological polar surface area (TPSA) is 51.1 Å². The van der Waals surface area contributed by atoms with Crippen molar-refractivity contribution < 1.29 is 4.74 Å². The van der Waals surface area contributed by atoms with Crippen molar-refractivity contribution >= 4 is 17.4 Å². The number of aryl methyl sites for hydroxylation is 1. The summed E-state index contributed by atoms with van der Waals surface area (Å²) in [6, 6.07) is 10.1. The zero-order valence-electron chi connectivity index (χ0n) is 17.4. The molecular weight excluding hydrogens is 396 g/mol. The molecule has 5 rings (SSSR count). The third-order valence-corrected chi connectivity index (χ3v) is 6.33. The van der Waals surface area contributed by atoms with E-state index in [1.54, 1.807) is 6.33 Å². The number of anilines is 1. The lowest BCUT2D eigenvalue weighted by atomic mass is 9.76. The lowest BCUT2D eigenvalue weighted by Gasteiger charge is -2.33. The highest BCUT2D eigenvalue weighted by Gasteiger charge is 2.30. The number of aromatic nitrogens is 3. The highest BCUT2D eigenvalue weighted by molar-refractivity contribution is 6.29. The van der Waals surface area contributed by atoms with Crippen LogP contribution in [0.25, 0.3) is 11.1 Å². The summed E-state index contributed by atoms with van der Waals surface area (Å²) in [6.45, 7) is 6.86. The quantitative estimate of drug-likeness (QED) is 0.539. The van der Waals surface area contributed by atoms with Gasteiger partial charge in [-0.25, -0.2) is 15.0 Å². The summed E-state index contributed by atoms with van der Waals surface area (Å²) in [6.07, 6.45) is 6.73. The largest absolute Gasteiger partial charge is 0.491 e. The fraction of sp³-hybridized carbons (Fsp3) is 0.375. The summed E-state index contributed by atoms with van der Waals surface area (Å²) in [5.74, 6) is 1.99. The number of pyridine rings is 1. The van der Waals surface area contributed by atoms with Gasteiger partial charge in [0, 0.05) is 35.1 Å². The molecule has 0 N–H and O–H groups in total. The van der Waals surface area contributed by atoms with Crippen molar-refractivity contribution in [2.24, 2.45) is 5.41 Å². The van der Waals surface area contributed by atoms with Crippen molar-refractivity contribution in [2.75, 3.05) is 18.1 Å². The van der Waals surface area contributed by atoms with E-state index < -0.39 is 0 Å². The second-order valence-corrected chi connectivity index (χ2v) is 9.31. The Balaban J connectivity index is 1.50. The van der Waals surface area contributed by atoms with E-state index in [2.05, 4.69) is 46.9 Å². The number of halogens is 1. The predicted molar refractivity (Wildman–Crippen MR) is 119 cm³/mol. The van der Waals surface area contributed by atoms with Crippen molar-refractivity contribution in [1.82, 2.24) is 15.0 Å². The van der Waals surface area contributed by atoms with Crippen molar-refractivity contribution in [3.63, 3.8) is 0 Å². The van der Waals surface area contributed by atoms with Gasteiger partial charge in [-0.3, -0.25) is 0 Å². The van der Waals surface area contributed by atoms with Gasteiger partial charge >= 0.3 is 0 Å². The van der Waals surface area contributed by atoms with Crippen LogP contribution in [-0.4, -0.2) is 28.1 Å². The molecule has 0 bridgehead atoms. The van der Waals surface area contributed by atoms with Crippen LogP contribution in [0.1, 0.15) is 37.1 Å². The lowest BCUT2D eigenvalue weighted by molar-refractivity contribution is 0.310. The van der Waals surface area contributed by atoms with Gasteiger partial charge in [-0.2, -0.15) is 0 Å². The first-order valence-electron chi connectivity index (χ1n) is 10.4. The Labute approximate surface area is 182 Å². The number of fused-ring (bicyclic) bond motifs is 2. The minimum Gasteiger partial charge on any atom is -0.491 e. The van der Waals surface area contributed by atoms with Crippen molar-refractivity contribution in [3.05, 3.63) is 64.8 Å². The van der Waals surface area contributed by atoms with Crippen LogP contribution in [0.4, 0.5) is 5.82 Å². The van der Waals surface area contributed by atoms with E-state index in [4.69, 9.17) is 21.3 Å². The molecule has 0 spiro atoms. The van der Waals surface area contributed by atoms with Crippen molar-refractivity contribution in [3.8, 4) is 16.9 Å². The molecule has 0 saturated heterocycles. The summed E-state index contributed by atoms with van der Waals surface area (Å²) < 4.78 is 6.07. The van der Waals surface area contributed by atoms with Gasteiger partial charge in [0.1, 0.15) is 29.7 Å². The van der Waals surface area contributed by atoms with Gasteiger partial charge in [-0.15, -0.1) is 0 Å². The maximum atomic E-state index is 6.07. The molecule has 154 valence electrons. The molecule has 0 radical (unpaired) electrons. The number of nitrogens with zero attached hydrogens (tertiary/aromatic N) is 4. The van der Waals surface area contributed by atoms with E-state index >= 15 is 0 Å². The number of hydrogen-bond donors (Lipinski definition) is 0. The normalized spacial score (nSPS) is 17.5. The fourth-order valence-corrected chi connectivity index (χ4v) is 4.54. The van der Waals surface area contributed by atoms with Gasteiger partial charge in [0.05, 0.1) is 6.54 Å². The van der Waals surface area contributed by atoms with Crippen LogP contribution >= 0.6 is 11.6 Å². The Morgan fingerprint density at radius 1 is 1.07 bits per heavy atom. The molecule has 1 aromatic carbocycles. The molecule has 0 amide bonds. The first-order chi connectivity index (χ1) is 14.5. The molecule has 0 unspecified atom stereocenters. The average molecular weight is 421 g/mol. The smallest absolute Gasteiger partial charge is 0.135 e. The van der Waals surface area contributed by atoms with Crippen LogP contribution in [-0.2, 0) is 19.4 Å². The molecule has 2 aromatic heterocycles. The molecule has 3 aromatic rings. The van der Waals surface area contributed by atoms with Crippen molar-refractivity contribution in [1.29, 1.82) is 0 Å². The van der Waals surface area contributed by atoms with Crippen molar-refractivity contribution in [2.45, 2.75) is 39.7 Å². The van der Waals surface area contributed by atoms with Crippen LogP contribution in [0, 0.1) is 5.41 Å². The summed E-state index contributed by atoms with van der Waals surface area (Å²) in [4.78, 5) is 15.9. The second-order valence-electron chi connectivity index (χ2n) is 8.93. The average Bonchev–Trinajstić information content (AvgIpc) is 2.95. The molecular formula is C24H25ClN4O. The fourth-order valence-electron chi connectivity index (χ4n) is 4.43. The van der Waals surface area contributed by atoms with Gasteiger partial charge in [-0.1, -0.05) is 31.5 Å². The second kappa shape index (κ2) is 7.55. The standard InChI is InChI=1S/C24H25ClN4O/c1-24(2)8-7-20-19(12-24)23(28-15-27-20)29-9-10-30-21-5-3-16(11-18(21)14-29)17-4-6-22(25)26-13-17/h3-6,11,13,15H,7-10,12,14H2,1-2H3.